The summed E-state index contributed by atoms with van der Waals surface area (Å²) < 4.78 is 0. The molecule has 1 heterocycles. The highest BCUT2D eigenvalue weighted by molar-refractivity contribution is 5.77. The monoisotopic (exact) mass is 171 g/mol. The van der Waals surface area contributed by atoms with Gasteiger partial charge < -0.3 is 0 Å². The molecule has 70 valence electrons. The Morgan fingerprint density at radius 3 is 3.08 bits per heavy atom. The van der Waals surface area contributed by atoms with E-state index in [1.54, 1.807) is 0 Å². The number of hydrogen-bond donors (Lipinski definition) is 2. The fourth-order valence-electron chi connectivity index (χ4n) is 1.68. The number of nitrogens with zero attached hydrogens (tertiary/aromatic N) is 1. The topological polar surface area (TPSA) is 58.4 Å². The third kappa shape index (κ3) is 2.79. The molecule has 0 aromatic rings. The van der Waals surface area contributed by atoms with Crippen LogP contribution in [0.4, 0.5) is 0 Å². The zero-order valence-corrected chi connectivity index (χ0v) is 7.55. The molecule has 1 aliphatic rings. The molecule has 1 atom stereocenters. The van der Waals surface area contributed by atoms with E-state index in [1.807, 2.05) is 0 Å². The van der Waals surface area contributed by atoms with Gasteiger partial charge in [-0.05, 0) is 25.3 Å². The van der Waals surface area contributed by atoms with Gasteiger partial charge in [0, 0.05) is 6.54 Å². The van der Waals surface area contributed by atoms with E-state index in [0.29, 0.717) is 12.5 Å². The maximum Gasteiger partial charge on any atom is 0.248 e. The summed E-state index contributed by atoms with van der Waals surface area (Å²) in [4.78, 5) is 13.1. The fraction of sp³-hybridized carbons (Fsp3) is 0.875. The van der Waals surface area contributed by atoms with Gasteiger partial charge in [-0.25, -0.2) is 5.84 Å². The summed E-state index contributed by atoms with van der Waals surface area (Å²) in [5.41, 5.74) is 2.15. The quantitative estimate of drug-likeness (QED) is 0.341. The third-order valence-electron chi connectivity index (χ3n) is 2.27. The van der Waals surface area contributed by atoms with Crippen molar-refractivity contribution in [1.29, 1.82) is 0 Å². The molecular formula is C8H17N3O. The maximum absolute atomic E-state index is 10.9. The van der Waals surface area contributed by atoms with Crippen LogP contribution in [0.5, 0.6) is 0 Å². The minimum Gasteiger partial charge on any atom is -0.294 e. The van der Waals surface area contributed by atoms with Crippen molar-refractivity contribution in [3.05, 3.63) is 0 Å². The van der Waals surface area contributed by atoms with E-state index in [9.17, 15) is 4.79 Å². The van der Waals surface area contributed by atoms with Gasteiger partial charge in [-0.1, -0.05) is 6.92 Å². The average molecular weight is 171 g/mol. The van der Waals surface area contributed by atoms with E-state index in [0.717, 1.165) is 13.1 Å². The summed E-state index contributed by atoms with van der Waals surface area (Å²) >= 11 is 0. The first-order valence-corrected chi connectivity index (χ1v) is 4.44. The lowest BCUT2D eigenvalue weighted by Gasteiger charge is -2.29. The van der Waals surface area contributed by atoms with Crippen molar-refractivity contribution in [2.45, 2.75) is 19.8 Å². The summed E-state index contributed by atoms with van der Waals surface area (Å²) in [6, 6.07) is 0. The van der Waals surface area contributed by atoms with Gasteiger partial charge in [0.25, 0.3) is 0 Å². The van der Waals surface area contributed by atoms with Crippen molar-refractivity contribution in [3.63, 3.8) is 0 Å². The molecule has 1 fully saturated rings. The first kappa shape index (κ1) is 9.48. The minimum atomic E-state index is -0.0934. The Bertz CT molecular complexity index is 160. The van der Waals surface area contributed by atoms with E-state index in [4.69, 9.17) is 5.84 Å². The molecule has 1 aliphatic heterocycles. The second-order valence-corrected chi connectivity index (χ2v) is 3.55. The molecule has 0 aromatic heterocycles. The summed E-state index contributed by atoms with van der Waals surface area (Å²) in [7, 11) is 0. The summed E-state index contributed by atoms with van der Waals surface area (Å²) in [5, 5.41) is 0. The third-order valence-corrected chi connectivity index (χ3v) is 2.27. The maximum atomic E-state index is 10.9. The molecule has 0 spiro atoms. The van der Waals surface area contributed by atoms with Gasteiger partial charge in [0.05, 0.1) is 6.54 Å². The highest BCUT2D eigenvalue weighted by atomic mass is 16.2. The number of rotatable bonds is 2. The van der Waals surface area contributed by atoms with Crippen molar-refractivity contribution in [3.8, 4) is 0 Å². The Labute approximate surface area is 73.1 Å². The Morgan fingerprint density at radius 2 is 2.50 bits per heavy atom. The summed E-state index contributed by atoms with van der Waals surface area (Å²) in [6.07, 6.45) is 2.47. The van der Waals surface area contributed by atoms with E-state index in [1.165, 1.54) is 12.8 Å². The highest BCUT2D eigenvalue weighted by Crippen LogP contribution is 2.14. The predicted molar refractivity (Wildman–Crippen MR) is 47.2 cm³/mol. The highest BCUT2D eigenvalue weighted by Gasteiger charge is 2.17. The van der Waals surface area contributed by atoms with E-state index in [-0.39, 0.29) is 5.91 Å². The summed E-state index contributed by atoms with van der Waals surface area (Å²) in [5.74, 6) is 5.62. The number of hydrazine groups is 1. The van der Waals surface area contributed by atoms with Gasteiger partial charge in [0.15, 0.2) is 0 Å². The molecule has 0 aliphatic carbocycles. The number of likely N-dealkylation sites (tertiary alicyclic amines) is 1. The smallest absolute Gasteiger partial charge is 0.248 e. The van der Waals surface area contributed by atoms with Crippen molar-refractivity contribution >= 4 is 5.91 Å². The molecule has 1 saturated heterocycles. The largest absolute Gasteiger partial charge is 0.294 e. The van der Waals surface area contributed by atoms with Gasteiger partial charge in [0.1, 0.15) is 0 Å². The van der Waals surface area contributed by atoms with Crippen LogP contribution in [0.2, 0.25) is 0 Å². The molecule has 1 amide bonds. The number of piperidine rings is 1. The number of hydrogen-bond acceptors (Lipinski definition) is 3. The number of nitrogens with one attached hydrogen (secondary N) is 1. The van der Waals surface area contributed by atoms with Gasteiger partial charge >= 0.3 is 0 Å². The van der Waals surface area contributed by atoms with Crippen molar-refractivity contribution in [2.24, 2.45) is 11.8 Å². The van der Waals surface area contributed by atoms with Crippen LogP contribution in [0.25, 0.3) is 0 Å². The number of carbonyl (C=O) groups is 1. The van der Waals surface area contributed by atoms with Crippen LogP contribution in [0.1, 0.15) is 19.8 Å². The summed E-state index contributed by atoms with van der Waals surface area (Å²) in [6.45, 7) is 4.71. The Kier molecular flexibility index (Phi) is 3.49. The normalized spacial score (nSPS) is 25.3. The van der Waals surface area contributed by atoms with E-state index < -0.39 is 0 Å². The molecule has 1 rings (SSSR count). The van der Waals surface area contributed by atoms with Crippen LogP contribution in [-0.2, 0) is 4.79 Å². The second kappa shape index (κ2) is 4.42. The molecule has 0 aromatic carbocycles. The first-order valence-electron chi connectivity index (χ1n) is 4.44. The van der Waals surface area contributed by atoms with Crippen LogP contribution < -0.4 is 11.3 Å². The van der Waals surface area contributed by atoms with Crippen LogP contribution >= 0.6 is 0 Å². The van der Waals surface area contributed by atoms with Crippen molar-refractivity contribution < 1.29 is 4.79 Å². The van der Waals surface area contributed by atoms with Gasteiger partial charge in [-0.15, -0.1) is 0 Å². The fourth-order valence-corrected chi connectivity index (χ4v) is 1.68. The molecule has 0 radical (unpaired) electrons. The molecule has 12 heavy (non-hydrogen) atoms. The van der Waals surface area contributed by atoms with E-state index in [2.05, 4.69) is 17.2 Å². The molecule has 0 unspecified atom stereocenters. The molecular weight excluding hydrogens is 154 g/mol. The Balaban J connectivity index is 2.27. The Morgan fingerprint density at radius 1 is 1.75 bits per heavy atom. The Hall–Kier alpha value is -0.610. The second-order valence-electron chi connectivity index (χ2n) is 3.55. The SMILES string of the molecule is C[C@@H]1CCCN(CC(=O)NN)C1. The lowest BCUT2D eigenvalue weighted by Crippen LogP contribution is -2.43. The molecule has 0 saturated carbocycles. The standard InChI is InChI=1S/C8H17N3O/c1-7-3-2-4-11(5-7)6-8(12)10-9/h7H,2-6,9H2,1H3,(H,10,12)/t7-/m1/s1. The number of nitrogens with two attached hydrogens (primary N) is 1. The van der Waals surface area contributed by atoms with Gasteiger partial charge in [-0.2, -0.15) is 0 Å². The average Bonchev–Trinajstić information content (AvgIpc) is 2.04. The van der Waals surface area contributed by atoms with Crippen LogP contribution in [0.3, 0.4) is 0 Å². The molecule has 4 nitrogen and oxygen atoms in total. The van der Waals surface area contributed by atoms with Crippen LogP contribution in [0, 0.1) is 5.92 Å². The zero-order chi connectivity index (χ0) is 8.97. The molecule has 3 N–H and O–H groups in total. The van der Waals surface area contributed by atoms with Crippen molar-refractivity contribution in [1.82, 2.24) is 10.3 Å². The van der Waals surface area contributed by atoms with E-state index >= 15 is 0 Å². The zero-order valence-electron chi connectivity index (χ0n) is 7.55. The molecule has 4 heteroatoms. The number of carbonyl (C=O) groups excluding carboxylic acids is 1. The number of amides is 1. The van der Waals surface area contributed by atoms with Crippen LogP contribution in [0.15, 0.2) is 0 Å². The van der Waals surface area contributed by atoms with Crippen molar-refractivity contribution in [2.75, 3.05) is 19.6 Å². The first-order chi connectivity index (χ1) is 5.72. The van der Waals surface area contributed by atoms with Gasteiger partial charge in [-0.3, -0.25) is 15.1 Å². The molecule has 0 bridgehead atoms. The minimum absolute atomic E-state index is 0.0934. The lowest BCUT2D eigenvalue weighted by atomic mass is 10.0. The van der Waals surface area contributed by atoms with Crippen LogP contribution in [-0.4, -0.2) is 30.4 Å². The lowest BCUT2D eigenvalue weighted by molar-refractivity contribution is -0.122. The van der Waals surface area contributed by atoms with Gasteiger partial charge in [0.2, 0.25) is 5.91 Å². The predicted octanol–water partition coefficient (Wildman–Crippen LogP) is -0.292.